The number of hydrogen-bond acceptors (Lipinski definition) is 7. The van der Waals surface area contributed by atoms with Crippen LogP contribution in [0.25, 0.3) is 0 Å². The summed E-state index contributed by atoms with van der Waals surface area (Å²) in [5.74, 6) is -3.25. The molecule has 1 aromatic heterocycles. The van der Waals surface area contributed by atoms with Gasteiger partial charge in [0.2, 0.25) is 0 Å². The lowest BCUT2D eigenvalue weighted by Crippen LogP contribution is -2.45. The van der Waals surface area contributed by atoms with E-state index in [4.69, 9.17) is 15.6 Å². The van der Waals surface area contributed by atoms with Crippen LogP contribution in [0.1, 0.15) is 11.8 Å². The molecule has 9 heteroatoms. The number of nitrogens with two attached hydrogens (primary N) is 1. The SMILES string of the molecule is Cc1cn([C@@H]2O[C@H](CO)[C@@H](O)[C@]2(O)F)c(=O)nc1N. The molecule has 2 heterocycles. The van der Waals surface area contributed by atoms with Crippen molar-refractivity contribution in [2.45, 2.75) is 31.2 Å². The molecule has 1 aliphatic heterocycles. The molecule has 4 atom stereocenters. The Morgan fingerprint density at radius 1 is 1.68 bits per heavy atom. The lowest BCUT2D eigenvalue weighted by Gasteiger charge is -2.23. The molecule has 0 aromatic carbocycles. The number of aliphatic hydroxyl groups is 3. The molecule has 1 aromatic rings. The quantitative estimate of drug-likeness (QED) is 0.493. The van der Waals surface area contributed by atoms with E-state index in [0.29, 0.717) is 10.1 Å². The Balaban J connectivity index is 2.48. The van der Waals surface area contributed by atoms with Crippen molar-refractivity contribution in [1.82, 2.24) is 9.55 Å². The van der Waals surface area contributed by atoms with Gasteiger partial charge < -0.3 is 25.8 Å². The Kier molecular flexibility index (Phi) is 3.31. The van der Waals surface area contributed by atoms with Crippen molar-refractivity contribution < 1.29 is 24.4 Å². The smallest absolute Gasteiger partial charge is 0.351 e. The van der Waals surface area contributed by atoms with E-state index in [9.17, 15) is 19.4 Å². The molecule has 1 saturated heterocycles. The minimum Gasteiger partial charge on any atom is -0.394 e. The van der Waals surface area contributed by atoms with Gasteiger partial charge in [-0.3, -0.25) is 4.57 Å². The highest BCUT2D eigenvalue weighted by Gasteiger charge is 2.57. The van der Waals surface area contributed by atoms with Crippen LogP contribution in [0.15, 0.2) is 11.0 Å². The van der Waals surface area contributed by atoms with Gasteiger partial charge in [0.1, 0.15) is 18.0 Å². The van der Waals surface area contributed by atoms with Crippen molar-refractivity contribution in [2.24, 2.45) is 0 Å². The topological polar surface area (TPSA) is 131 Å². The van der Waals surface area contributed by atoms with Gasteiger partial charge in [-0.25, -0.2) is 9.18 Å². The number of nitrogen functional groups attached to an aromatic ring is 1. The summed E-state index contributed by atoms with van der Waals surface area (Å²) in [5, 5.41) is 28.0. The normalized spacial score (nSPS) is 34.7. The van der Waals surface area contributed by atoms with Crippen molar-refractivity contribution in [3.8, 4) is 0 Å². The number of alkyl halides is 1. The summed E-state index contributed by atoms with van der Waals surface area (Å²) in [6.07, 6.45) is -3.97. The molecule has 19 heavy (non-hydrogen) atoms. The zero-order chi connectivity index (χ0) is 14.4. The van der Waals surface area contributed by atoms with Gasteiger partial charge in [-0.1, -0.05) is 0 Å². The maximum atomic E-state index is 14.1. The number of anilines is 1. The molecular formula is C10H14FN3O5. The molecule has 1 aliphatic rings. The van der Waals surface area contributed by atoms with Crippen LogP contribution >= 0.6 is 0 Å². The molecule has 0 saturated carbocycles. The van der Waals surface area contributed by atoms with E-state index in [2.05, 4.69) is 4.98 Å². The minimum atomic E-state index is -3.22. The monoisotopic (exact) mass is 275 g/mol. The Bertz CT molecular complexity index is 546. The van der Waals surface area contributed by atoms with Crippen molar-refractivity contribution in [2.75, 3.05) is 12.3 Å². The fourth-order valence-corrected chi connectivity index (χ4v) is 1.89. The first-order chi connectivity index (χ1) is 8.78. The predicted molar refractivity (Wildman–Crippen MR) is 60.7 cm³/mol. The van der Waals surface area contributed by atoms with Gasteiger partial charge in [0.05, 0.1) is 6.61 Å². The molecule has 0 amide bonds. The first kappa shape index (κ1) is 13.9. The number of nitrogens with zero attached hydrogens (tertiary/aromatic N) is 2. The average Bonchev–Trinajstić information content (AvgIpc) is 2.56. The summed E-state index contributed by atoms with van der Waals surface area (Å²) in [6, 6.07) is 0. The summed E-state index contributed by atoms with van der Waals surface area (Å²) in [5.41, 5.74) is 4.87. The first-order valence-electron chi connectivity index (χ1n) is 5.50. The molecule has 8 nitrogen and oxygen atoms in total. The summed E-state index contributed by atoms with van der Waals surface area (Å²) < 4.78 is 19.7. The van der Waals surface area contributed by atoms with Crippen LogP contribution in [0.3, 0.4) is 0 Å². The lowest BCUT2D eigenvalue weighted by atomic mass is 10.1. The number of rotatable bonds is 2. The molecule has 0 spiro atoms. The molecule has 0 bridgehead atoms. The maximum Gasteiger partial charge on any atom is 0.351 e. The fraction of sp³-hybridized carbons (Fsp3) is 0.600. The molecule has 1 fully saturated rings. The molecule has 0 aliphatic carbocycles. The van der Waals surface area contributed by atoms with Gasteiger partial charge in [-0.15, -0.1) is 0 Å². The number of halogens is 1. The third-order valence-corrected chi connectivity index (χ3v) is 3.02. The van der Waals surface area contributed by atoms with E-state index >= 15 is 0 Å². The zero-order valence-electron chi connectivity index (χ0n) is 10.0. The second kappa shape index (κ2) is 4.53. The van der Waals surface area contributed by atoms with Crippen LogP contribution in [0, 0.1) is 6.92 Å². The van der Waals surface area contributed by atoms with Crippen LogP contribution in [0.5, 0.6) is 0 Å². The third kappa shape index (κ3) is 2.10. The molecule has 106 valence electrons. The lowest BCUT2D eigenvalue weighted by molar-refractivity contribution is -0.197. The standard InChI is InChI=1S/C10H14FN3O5/c1-4-2-14(9(17)13-7(4)12)8-10(11,18)6(16)5(3-15)19-8/h2,5-6,8,15-16,18H,3H2,1H3,(H2,12,13,17)/t5-,6-,8-,10-/m1/s1. The Morgan fingerprint density at radius 2 is 2.32 bits per heavy atom. The second-order valence-electron chi connectivity index (χ2n) is 4.38. The summed E-state index contributed by atoms with van der Waals surface area (Å²) in [7, 11) is 0. The summed E-state index contributed by atoms with van der Waals surface area (Å²) >= 11 is 0. The van der Waals surface area contributed by atoms with Crippen LogP contribution < -0.4 is 11.4 Å². The van der Waals surface area contributed by atoms with E-state index in [0.717, 1.165) is 6.20 Å². The van der Waals surface area contributed by atoms with Crippen LogP contribution in [-0.2, 0) is 4.74 Å². The van der Waals surface area contributed by atoms with Crippen LogP contribution in [0.2, 0.25) is 0 Å². The van der Waals surface area contributed by atoms with Crippen molar-refractivity contribution in [3.63, 3.8) is 0 Å². The van der Waals surface area contributed by atoms with E-state index in [1.807, 2.05) is 0 Å². The third-order valence-electron chi connectivity index (χ3n) is 3.02. The van der Waals surface area contributed by atoms with Gasteiger partial charge in [-0.2, -0.15) is 4.98 Å². The molecular weight excluding hydrogens is 261 g/mol. The highest BCUT2D eigenvalue weighted by atomic mass is 19.2. The first-order valence-corrected chi connectivity index (χ1v) is 5.50. The summed E-state index contributed by atoms with van der Waals surface area (Å²) in [6.45, 7) is 0.824. The van der Waals surface area contributed by atoms with Crippen molar-refractivity contribution in [1.29, 1.82) is 0 Å². The van der Waals surface area contributed by atoms with E-state index in [1.165, 1.54) is 6.92 Å². The highest BCUT2D eigenvalue weighted by Crippen LogP contribution is 2.38. The predicted octanol–water partition coefficient (Wildman–Crippen LogP) is -1.96. The molecule has 0 unspecified atom stereocenters. The van der Waals surface area contributed by atoms with Gasteiger partial charge in [0, 0.05) is 11.8 Å². The number of aryl methyl sites for hydroxylation is 1. The number of ether oxygens (including phenoxy) is 1. The average molecular weight is 275 g/mol. The zero-order valence-corrected chi connectivity index (χ0v) is 10.0. The molecule has 5 N–H and O–H groups in total. The number of aliphatic hydroxyl groups excluding tert-OH is 2. The fourth-order valence-electron chi connectivity index (χ4n) is 1.89. The minimum absolute atomic E-state index is 0.0269. The van der Waals surface area contributed by atoms with Gasteiger partial charge in [0.25, 0.3) is 5.85 Å². The van der Waals surface area contributed by atoms with Crippen molar-refractivity contribution in [3.05, 3.63) is 22.2 Å². The van der Waals surface area contributed by atoms with Crippen LogP contribution in [0.4, 0.5) is 10.2 Å². The molecule has 0 radical (unpaired) electrons. The van der Waals surface area contributed by atoms with Gasteiger partial charge in [0.15, 0.2) is 6.23 Å². The Morgan fingerprint density at radius 3 is 2.84 bits per heavy atom. The van der Waals surface area contributed by atoms with E-state index in [-0.39, 0.29) is 5.82 Å². The van der Waals surface area contributed by atoms with E-state index < -0.39 is 36.6 Å². The number of aromatic nitrogens is 2. The van der Waals surface area contributed by atoms with E-state index in [1.54, 1.807) is 0 Å². The summed E-state index contributed by atoms with van der Waals surface area (Å²) in [4.78, 5) is 15.1. The maximum absolute atomic E-state index is 14.1. The Hall–Kier alpha value is -1.55. The Labute approximate surface area is 106 Å². The molecule has 2 rings (SSSR count). The largest absolute Gasteiger partial charge is 0.394 e. The van der Waals surface area contributed by atoms with Gasteiger partial charge >= 0.3 is 5.69 Å². The highest BCUT2D eigenvalue weighted by molar-refractivity contribution is 5.35. The van der Waals surface area contributed by atoms with Gasteiger partial charge in [-0.05, 0) is 6.92 Å². The number of hydrogen-bond donors (Lipinski definition) is 4. The second-order valence-corrected chi connectivity index (χ2v) is 4.38. The van der Waals surface area contributed by atoms with Crippen molar-refractivity contribution >= 4 is 5.82 Å². The van der Waals surface area contributed by atoms with Crippen LogP contribution in [-0.4, -0.2) is 49.5 Å².